The van der Waals surface area contributed by atoms with Crippen LogP contribution in [0.5, 0.6) is 5.75 Å². The van der Waals surface area contributed by atoms with Crippen molar-refractivity contribution in [2.45, 2.75) is 13.2 Å². The predicted octanol–water partition coefficient (Wildman–Crippen LogP) is 4.26. The molecule has 3 nitrogen and oxygen atoms in total. The number of carbonyl (C=O) groups is 1. The first kappa shape index (κ1) is 14.4. The highest BCUT2D eigenvalue weighted by Crippen LogP contribution is 2.32. The summed E-state index contributed by atoms with van der Waals surface area (Å²) < 4.78 is 10.4. The Morgan fingerprint density at radius 3 is 2.62 bits per heavy atom. The van der Waals surface area contributed by atoms with E-state index in [1.165, 1.54) is 13.2 Å². The van der Waals surface area contributed by atoms with Crippen LogP contribution >= 0.6 is 23.2 Å². The second kappa shape index (κ2) is 5.68. The first-order valence-electron chi connectivity index (χ1n) is 6.37. The number of hydrogen-bond donors (Lipinski definition) is 0. The van der Waals surface area contributed by atoms with E-state index >= 15 is 0 Å². The third-order valence-electron chi connectivity index (χ3n) is 3.47. The number of ketones is 1. The standard InChI is InChI=1S/C16H12Cl2O3/c1-20-15-6-13(17)12(5-14(15)18)16(19)9-2-3-10-7-21-8-11(10)4-9/h2-6H,7-8H2,1H3. The van der Waals surface area contributed by atoms with Crippen molar-refractivity contribution in [1.82, 2.24) is 0 Å². The van der Waals surface area contributed by atoms with Crippen molar-refractivity contribution in [2.75, 3.05) is 7.11 Å². The summed E-state index contributed by atoms with van der Waals surface area (Å²) in [6, 6.07) is 8.63. The Balaban J connectivity index is 2.01. The molecular formula is C16H12Cl2O3. The van der Waals surface area contributed by atoms with E-state index in [0.717, 1.165) is 11.1 Å². The molecule has 0 saturated carbocycles. The molecule has 0 saturated heterocycles. The van der Waals surface area contributed by atoms with Crippen molar-refractivity contribution in [1.29, 1.82) is 0 Å². The topological polar surface area (TPSA) is 35.5 Å². The second-order valence-corrected chi connectivity index (χ2v) is 5.59. The molecule has 21 heavy (non-hydrogen) atoms. The van der Waals surface area contributed by atoms with Gasteiger partial charge in [0.15, 0.2) is 5.78 Å². The second-order valence-electron chi connectivity index (χ2n) is 4.77. The number of methoxy groups -OCH3 is 1. The Kier molecular flexibility index (Phi) is 3.89. The molecule has 108 valence electrons. The molecule has 2 aromatic carbocycles. The van der Waals surface area contributed by atoms with Crippen molar-refractivity contribution in [3.63, 3.8) is 0 Å². The Morgan fingerprint density at radius 1 is 1.10 bits per heavy atom. The molecule has 0 aliphatic carbocycles. The summed E-state index contributed by atoms with van der Waals surface area (Å²) in [6.45, 7) is 1.13. The lowest BCUT2D eigenvalue weighted by atomic mass is 9.99. The van der Waals surface area contributed by atoms with Gasteiger partial charge in [0.2, 0.25) is 0 Å². The van der Waals surface area contributed by atoms with Gasteiger partial charge in [0.25, 0.3) is 0 Å². The van der Waals surface area contributed by atoms with Gasteiger partial charge in [-0.15, -0.1) is 0 Å². The van der Waals surface area contributed by atoms with Crippen molar-refractivity contribution >= 4 is 29.0 Å². The van der Waals surface area contributed by atoms with Crippen molar-refractivity contribution in [2.24, 2.45) is 0 Å². The summed E-state index contributed by atoms with van der Waals surface area (Å²) in [5.41, 5.74) is 3.09. The lowest BCUT2D eigenvalue weighted by Crippen LogP contribution is -2.04. The Bertz CT molecular complexity index is 726. The van der Waals surface area contributed by atoms with Crippen molar-refractivity contribution in [3.05, 3.63) is 62.6 Å². The Hall–Kier alpha value is -1.55. The van der Waals surface area contributed by atoms with Crippen LogP contribution in [0, 0.1) is 0 Å². The minimum Gasteiger partial charge on any atom is -0.495 e. The Morgan fingerprint density at radius 2 is 1.86 bits per heavy atom. The van der Waals surface area contributed by atoms with Gasteiger partial charge < -0.3 is 9.47 Å². The van der Waals surface area contributed by atoms with Crippen molar-refractivity contribution < 1.29 is 14.3 Å². The van der Waals surface area contributed by atoms with Crippen LogP contribution < -0.4 is 4.74 Å². The number of fused-ring (bicyclic) bond motifs is 1. The minimum atomic E-state index is -0.167. The maximum Gasteiger partial charge on any atom is 0.194 e. The van der Waals surface area contributed by atoms with Gasteiger partial charge in [0.1, 0.15) is 5.75 Å². The molecule has 0 unspecified atom stereocenters. The van der Waals surface area contributed by atoms with Crippen molar-refractivity contribution in [3.8, 4) is 5.75 Å². The quantitative estimate of drug-likeness (QED) is 0.792. The van der Waals surface area contributed by atoms with Gasteiger partial charge in [-0.05, 0) is 23.3 Å². The Labute approximate surface area is 132 Å². The summed E-state index contributed by atoms with van der Waals surface area (Å²) in [5.74, 6) is 0.278. The van der Waals surface area contributed by atoms with Gasteiger partial charge >= 0.3 is 0 Å². The van der Waals surface area contributed by atoms with E-state index in [4.69, 9.17) is 32.7 Å². The van der Waals surface area contributed by atoms with E-state index < -0.39 is 0 Å². The molecule has 0 aromatic heterocycles. The molecule has 3 rings (SSSR count). The summed E-state index contributed by atoms with van der Waals surface area (Å²) in [6.07, 6.45) is 0. The molecule has 2 aromatic rings. The van der Waals surface area contributed by atoms with Crippen LogP contribution in [-0.2, 0) is 18.0 Å². The zero-order valence-corrected chi connectivity index (χ0v) is 12.8. The summed E-state index contributed by atoms with van der Waals surface area (Å²) in [4.78, 5) is 12.6. The first-order chi connectivity index (χ1) is 10.1. The van der Waals surface area contributed by atoms with E-state index in [9.17, 15) is 4.79 Å². The molecule has 0 amide bonds. The lowest BCUT2D eigenvalue weighted by molar-refractivity contribution is 0.103. The molecule has 0 fully saturated rings. The third-order valence-corrected chi connectivity index (χ3v) is 4.08. The molecular weight excluding hydrogens is 311 g/mol. The number of ether oxygens (including phenoxy) is 2. The van der Waals surface area contributed by atoms with Crippen LogP contribution in [0.1, 0.15) is 27.0 Å². The molecule has 0 atom stereocenters. The van der Waals surface area contributed by atoms with E-state index in [1.54, 1.807) is 12.1 Å². The average molecular weight is 323 g/mol. The van der Waals surface area contributed by atoms with Crippen LogP contribution in [0.4, 0.5) is 0 Å². The molecule has 1 aliphatic rings. The highest BCUT2D eigenvalue weighted by molar-refractivity contribution is 6.37. The number of rotatable bonds is 3. The summed E-state index contributed by atoms with van der Waals surface area (Å²) in [5, 5.41) is 0.674. The number of carbonyl (C=O) groups excluding carboxylic acids is 1. The van der Waals surface area contributed by atoms with Gasteiger partial charge in [-0.25, -0.2) is 0 Å². The molecule has 0 spiro atoms. The molecule has 0 bridgehead atoms. The predicted molar refractivity (Wildman–Crippen MR) is 81.4 cm³/mol. The van der Waals surface area contributed by atoms with Gasteiger partial charge in [-0.3, -0.25) is 4.79 Å². The fourth-order valence-corrected chi connectivity index (χ4v) is 2.81. The van der Waals surface area contributed by atoms with E-state index in [0.29, 0.717) is 40.1 Å². The van der Waals surface area contributed by atoms with Crippen LogP contribution in [0.2, 0.25) is 10.0 Å². The van der Waals surface area contributed by atoms with Crippen LogP contribution in [0.25, 0.3) is 0 Å². The minimum absolute atomic E-state index is 0.167. The highest BCUT2D eigenvalue weighted by Gasteiger charge is 2.19. The normalized spacial score (nSPS) is 13.1. The number of halogens is 2. The van der Waals surface area contributed by atoms with Gasteiger partial charge in [0.05, 0.1) is 30.4 Å². The van der Waals surface area contributed by atoms with Crippen LogP contribution in [0.15, 0.2) is 30.3 Å². The smallest absolute Gasteiger partial charge is 0.194 e. The van der Waals surface area contributed by atoms with E-state index in [2.05, 4.69) is 0 Å². The number of hydrogen-bond acceptors (Lipinski definition) is 3. The molecule has 5 heteroatoms. The number of benzene rings is 2. The zero-order valence-electron chi connectivity index (χ0n) is 11.3. The van der Waals surface area contributed by atoms with Gasteiger partial charge in [-0.1, -0.05) is 35.3 Å². The third kappa shape index (κ3) is 2.64. The first-order valence-corrected chi connectivity index (χ1v) is 7.13. The zero-order chi connectivity index (χ0) is 15.0. The summed E-state index contributed by atoms with van der Waals surface area (Å²) in [7, 11) is 1.50. The maximum atomic E-state index is 12.6. The van der Waals surface area contributed by atoms with Crippen LogP contribution in [0.3, 0.4) is 0 Å². The average Bonchev–Trinajstić information content (AvgIpc) is 2.95. The molecule has 0 radical (unpaired) electrons. The van der Waals surface area contributed by atoms with E-state index in [-0.39, 0.29) is 5.78 Å². The van der Waals surface area contributed by atoms with Crippen LogP contribution in [-0.4, -0.2) is 12.9 Å². The molecule has 1 aliphatic heterocycles. The fraction of sp³-hybridized carbons (Fsp3) is 0.188. The molecule has 0 N–H and O–H groups in total. The van der Waals surface area contributed by atoms with Gasteiger partial charge in [-0.2, -0.15) is 0 Å². The highest BCUT2D eigenvalue weighted by atomic mass is 35.5. The monoisotopic (exact) mass is 322 g/mol. The maximum absolute atomic E-state index is 12.6. The lowest BCUT2D eigenvalue weighted by Gasteiger charge is -2.09. The summed E-state index contributed by atoms with van der Waals surface area (Å²) >= 11 is 12.2. The van der Waals surface area contributed by atoms with Gasteiger partial charge in [0, 0.05) is 17.2 Å². The largest absolute Gasteiger partial charge is 0.495 e. The van der Waals surface area contributed by atoms with E-state index in [1.807, 2.05) is 12.1 Å². The fourth-order valence-electron chi connectivity index (χ4n) is 2.33. The molecule has 1 heterocycles. The SMILES string of the molecule is COc1cc(Cl)c(C(=O)c2ccc3c(c2)COC3)cc1Cl.